The number of urea groups is 1. The van der Waals surface area contributed by atoms with Crippen LogP contribution < -0.4 is 21.3 Å². The average Bonchev–Trinajstić information content (AvgIpc) is 2.65. The van der Waals surface area contributed by atoms with E-state index in [-0.39, 0.29) is 24.3 Å². The lowest BCUT2D eigenvalue weighted by atomic mass is 10.2. The first-order chi connectivity index (χ1) is 14.5. The first-order valence-corrected chi connectivity index (χ1v) is 10.2. The summed E-state index contributed by atoms with van der Waals surface area (Å²) in [6, 6.07) is 10.4. The fourth-order valence-corrected chi connectivity index (χ4v) is 2.60. The lowest BCUT2D eigenvalue weighted by Gasteiger charge is -2.20. The minimum atomic E-state index is -0.809. The second-order valence-corrected chi connectivity index (χ2v) is 8.42. The van der Waals surface area contributed by atoms with Crippen LogP contribution in [0.25, 0.3) is 0 Å². The molecule has 4 N–H and O–H groups in total. The van der Waals surface area contributed by atoms with E-state index in [0.717, 1.165) is 10.5 Å². The van der Waals surface area contributed by atoms with Crippen molar-refractivity contribution in [3.05, 3.63) is 52.8 Å². The molecule has 4 amide bonds. The zero-order valence-corrected chi connectivity index (χ0v) is 18.9. The Labute approximate surface area is 188 Å². The van der Waals surface area contributed by atoms with Crippen molar-refractivity contribution in [2.24, 2.45) is 0 Å². The van der Waals surface area contributed by atoms with Gasteiger partial charge in [-0.2, -0.15) is 0 Å². The van der Waals surface area contributed by atoms with Crippen LogP contribution in [0.3, 0.4) is 0 Å². The third-order valence-electron chi connectivity index (χ3n) is 3.63. The fourth-order valence-electron chi connectivity index (χ4n) is 2.33. The van der Waals surface area contributed by atoms with Gasteiger partial charge in [0.15, 0.2) is 0 Å². The van der Waals surface area contributed by atoms with Crippen molar-refractivity contribution in [3.63, 3.8) is 0 Å². The molecule has 166 valence electrons. The summed E-state index contributed by atoms with van der Waals surface area (Å²) in [6.07, 6.45) is -0.809. The van der Waals surface area contributed by atoms with E-state index >= 15 is 0 Å². The molecule has 0 aliphatic heterocycles. The van der Waals surface area contributed by atoms with Crippen LogP contribution in [0.5, 0.6) is 0 Å². The first kappa shape index (κ1) is 24.1. The van der Waals surface area contributed by atoms with Crippen LogP contribution in [0.2, 0.25) is 0 Å². The number of benzene rings is 2. The molecule has 0 fully saturated rings. The molecule has 0 aromatic heterocycles. The third-order valence-corrected chi connectivity index (χ3v) is 4.15. The van der Waals surface area contributed by atoms with E-state index in [1.165, 1.54) is 12.1 Å². The smallest absolute Gasteiger partial charge is 0.412 e. The molecule has 0 radical (unpaired) electrons. The van der Waals surface area contributed by atoms with Gasteiger partial charge in [-0.3, -0.25) is 10.1 Å². The van der Waals surface area contributed by atoms with Crippen LogP contribution in [0, 0.1) is 5.82 Å². The summed E-state index contributed by atoms with van der Waals surface area (Å²) in [4.78, 5) is 35.8. The largest absolute Gasteiger partial charge is 0.444 e. The summed E-state index contributed by atoms with van der Waals surface area (Å²) >= 11 is 3.31. The van der Waals surface area contributed by atoms with E-state index in [9.17, 15) is 18.8 Å². The Hall–Kier alpha value is -3.14. The molecule has 0 atom stereocenters. The van der Waals surface area contributed by atoms with Crippen molar-refractivity contribution in [3.8, 4) is 0 Å². The zero-order valence-electron chi connectivity index (χ0n) is 17.3. The molecule has 2 aromatic carbocycles. The molecule has 0 spiro atoms. The summed E-state index contributed by atoms with van der Waals surface area (Å²) in [6.45, 7) is 5.16. The minimum absolute atomic E-state index is 0.0000377. The Balaban J connectivity index is 1.81. The van der Waals surface area contributed by atoms with E-state index in [1.807, 2.05) is 0 Å². The maximum absolute atomic E-state index is 14.0. The van der Waals surface area contributed by atoms with Gasteiger partial charge in [0.25, 0.3) is 0 Å². The average molecular weight is 495 g/mol. The molecule has 0 bridgehead atoms. The highest BCUT2D eigenvalue weighted by molar-refractivity contribution is 9.10. The standard InChI is InChI=1S/C21H24BrFN4O4/c1-21(2,3)31-20(30)27-17-12-15(8-9-16(17)23)25-18(28)10-11-24-19(29)26-14-6-4-13(22)5-7-14/h4-9,12H,10-11H2,1-3H3,(H,25,28)(H,27,30)(H2,24,26,29). The first-order valence-electron chi connectivity index (χ1n) is 9.42. The van der Waals surface area contributed by atoms with Crippen molar-refractivity contribution >= 4 is 51.0 Å². The van der Waals surface area contributed by atoms with Gasteiger partial charge in [0, 0.05) is 28.8 Å². The lowest BCUT2D eigenvalue weighted by Crippen LogP contribution is -2.31. The minimum Gasteiger partial charge on any atom is -0.444 e. The highest BCUT2D eigenvalue weighted by Crippen LogP contribution is 2.21. The van der Waals surface area contributed by atoms with Gasteiger partial charge in [0.2, 0.25) is 5.91 Å². The van der Waals surface area contributed by atoms with Gasteiger partial charge in [0.1, 0.15) is 11.4 Å². The second-order valence-electron chi connectivity index (χ2n) is 7.51. The normalized spacial score (nSPS) is 10.7. The molecule has 10 heteroatoms. The Morgan fingerprint density at radius 3 is 2.26 bits per heavy atom. The second kappa shape index (κ2) is 10.8. The summed E-state index contributed by atoms with van der Waals surface area (Å²) in [5, 5.41) is 10.1. The lowest BCUT2D eigenvalue weighted by molar-refractivity contribution is -0.116. The van der Waals surface area contributed by atoms with Gasteiger partial charge in [-0.1, -0.05) is 15.9 Å². The highest BCUT2D eigenvalue weighted by Gasteiger charge is 2.17. The number of carbonyl (C=O) groups is 3. The SMILES string of the molecule is CC(C)(C)OC(=O)Nc1cc(NC(=O)CCNC(=O)Nc2ccc(Br)cc2)ccc1F. The Morgan fingerprint density at radius 1 is 0.968 bits per heavy atom. The van der Waals surface area contributed by atoms with Crippen LogP contribution in [0.4, 0.5) is 31.0 Å². The van der Waals surface area contributed by atoms with Crippen molar-refractivity contribution in [1.29, 1.82) is 0 Å². The highest BCUT2D eigenvalue weighted by atomic mass is 79.9. The molecule has 31 heavy (non-hydrogen) atoms. The van der Waals surface area contributed by atoms with Crippen LogP contribution in [0.1, 0.15) is 27.2 Å². The number of halogens is 2. The number of carbonyl (C=O) groups excluding carboxylic acids is 3. The van der Waals surface area contributed by atoms with Gasteiger partial charge in [-0.15, -0.1) is 0 Å². The van der Waals surface area contributed by atoms with E-state index in [4.69, 9.17) is 4.74 Å². The van der Waals surface area contributed by atoms with Crippen molar-refractivity contribution < 1.29 is 23.5 Å². The van der Waals surface area contributed by atoms with E-state index in [0.29, 0.717) is 5.69 Å². The number of nitrogens with one attached hydrogen (secondary N) is 4. The Bertz CT molecular complexity index is 945. The van der Waals surface area contributed by atoms with E-state index in [1.54, 1.807) is 45.0 Å². The summed E-state index contributed by atoms with van der Waals surface area (Å²) in [5.74, 6) is -1.06. The number of rotatable bonds is 6. The maximum Gasteiger partial charge on any atom is 0.412 e. The molecular weight excluding hydrogens is 471 g/mol. The van der Waals surface area contributed by atoms with E-state index in [2.05, 4.69) is 37.2 Å². The van der Waals surface area contributed by atoms with Gasteiger partial charge in [-0.05, 0) is 63.2 Å². The van der Waals surface area contributed by atoms with Gasteiger partial charge in [-0.25, -0.2) is 14.0 Å². The van der Waals surface area contributed by atoms with Gasteiger partial charge >= 0.3 is 12.1 Å². The monoisotopic (exact) mass is 494 g/mol. The summed E-state index contributed by atoms with van der Waals surface area (Å²) < 4.78 is 19.9. The number of amides is 4. The summed E-state index contributed by atoms with van der Waals surface area (Å²) in [7, 11) is 0. The Kier molecular flexibility index (Phi) is 8.38. The summed E-state index contributed by atoms with van der Waals surface area (Å²) in [5.41, 5.74) is 0.0422. The van der Waals surface area contributed by atoms with Crippen LogP contribution in [-0.2, 0) is 9.53 Å². The number of ether oxygens (including phenoxy) is 1. The fraction of sp³-hybridized carbons (Fsp3) is 0.286. The van der Waals surface area contributed by atoms with Crippen LogP contribution in [0.15, 0.2) is 46.9 Å². The molecule has 0 unspecified atom stereocenters. The molecule has 0 aliphatic rings. The predicted octanol–water partition coefficient (Wildman–Crippen LogP) is 5.09. The molecular formula is C21H24BrFN4O4. The van der Waals surface area contributed by atoms with Gasteiger partial charge < -0.3 is 20.7 Å². The van der Waals surface area contributed by atoms with Crippen molar-refractivity contribution in [1.82, 2.24) is 5.32 Å². The van der Waals surface area contributed by atoms with Crippen LogP contribution >= 0.6 is 15.9 Å². The van der Waals surface area contributed by atoms with Crippen molar-refractivity contribution in [2.45, 2.75) is 32.8 Å². The van der Waals surface area contributed by atoms with Crippen LogP contribution in [-0.4, -0.2) is 30.2 Å². The number of hydrogen-bond donors (Lipinski definition) is 4. The molecule has 0 saturated heterocycles. The molecule has 0 heterocycles. The topological polar surface area (TPSA) is 109 Å². The zero-order chi connectivity index (χ0) is 23.0. The number of anilines is 3. The number of hydrogen-bond acceptors (Lipinski definition) is 4. The molecule has 2 rings (SSSR count). The molecule has 2 aromatic rings. The van der Waals surface area contributed by atoms with E-state index < -0.39 is 29.4 Å². The molecule has 0 saturated carbocycles. The van der Waals surface area contributed by atoms with Crippen molar-refractivity contribution in [2.75, 3.05) is 22.5 Å². The van der Waals surface area contributed by atoms with Gasteiger partial charge in [0.05, 0.1) is 5.69 Å². The molecule has 8 nitrogen and oxygen atoms in total. The quantitative estimate of drug-likeness (QED) is 0.448. The predicted molar refractivity (Wildman–Crippen MR) is 121 cm³/mol. The Morgan fingerprint density at radius 2 is 1.61 bits per heavy atom. The maximum atomic E-state index is 14.0. The molecule has 0 aliphatic carbocycles. The third kappa shape index (κ3) is 9.04.